The van der Waals surface area contributed by atoms with Crippen molar-refractivity contribution in [2.45, 2.75) is 39.0 Å². The Labute approximate surface area is 111 Å². The number of nitrogens with zero attached hydrogens (tertiary/aromatic N) is 2. The van der Waals surface area contributed by atoms with E-state index in [4.69, 9.17) is 0 Å². The third-order valence-electron chi connectivity index (χ3n) is 3.66. The first-order chi connectivity index (χ1) is 7.74. The van der Waals surface area contributed by atoms with Gasteiger partial charge in [-0.3, -0.25) is 0 Å². The van der Waals surface area contributed by atoms with Crippen LogP contribution < -0.4 is 5.32 Å². The number of hydrogen-bond donors (Lipinski definition) is 1. The van der Waals surface area contributed by atoms with E-state index in [9.17, 15) is 0 Å². The minimum absolute atomic E-state index is 0.492. The summed E-state index contributed by atoms with van der Waals surface area (Å²) >= 11 is 2.22. The van der Waals surface area contributed by atoms with Gasteiger partial charge in [-0.15, -0.1) is 0 Å². The normalized spacial score (nSPS) is 18.6. The molecule has 0 spiro atoms. The van der Waals surface area contributed by atoms with Crippen LogP contribution in [0, 0.1) is 8.99 Å². The van der Waals surface area contributed by atoms with Crippen LogP contribution in [-0.4, -0.2) is 16.5 Å². The van der Waals surface area contributed by atoms with Gasteiger partial charge in [-0.1, -0.05) is 19.8 Å². The Morgan fingerprint density at radius 2 is 1.94 bits per heavy atom. The first kappa shape index (κ1) is 12.1. The zero-order valence-electron chi connectivity index (χ0n) is 9.67. The minimum Gasteiger partial charge on any atom is -0.354 e. The van der Waals surface area contributed by atoms with Gasteiger partial charge in [-0.05, 0) is 47.3 Å². The average molecular weight is 331 g/mol. The van der Waals surface area contributed by atoms with Crippen LogP contribution in [-0.2, 0) is 0 Å². The van der Waals surface area contributed by atoms with Crippen LogP contribution >= 0.6 is 22.6 Å². The Bertz CT molecular complexity index is 331. The van der Waals surface area contributed by atoms with Crippen LogP contribution in [0.4, 0.5) is 5.95 Å². The van der Waals surface area contributed by atoms with E-state index in [0.717, 1.165) is 16.1 Å². The van der Waals surface area contributed by atoms with Gasteiger partial charge >= 0.3 is 0 Å². The zero-order chi connectivity index (χ0) is 11.4. The van der Waals surface area contributed by atoms with E-state index < -0.39 is 0 Å². The van der Waals surface area contributed by atoms with Crippen molar-refractivity contribution in [2.24, 2.45) is 5.41 Å². The maximum absolute atomic E-state index is 4.27. The van der Waals surface area contributed by atoms with Gasteiger partial charge in [0.2, 0.25) is 5.95 Å². The van der Waals surface area contributed by atoms with Gasteiger partial charge < -0.3 is 5.32 Å². The van der Waals surface area contributed by atoms with Crippen LogP contribution in [0.5, 0.6) is 0 Å². The highest BCUT2D eigenvalue weighted by molar-refractivity contribution is 14.1. The molecule has 0 unspecified atom stereocenters. The fraction of sp³-hybridized carbons (Fsp3) is 0.667. The third-order valence-corrected chi connectivity index (χ3v) is 4.21. The van der Waals surface area contributed by atoms with E-state index in [0.29, 0.717) is 5.41 Å². The van der Waals surface area contributed by atoms with Gasteiger partial charge in [0.05, 0.1) is 0 Å². The summed E-state index contributed by atoms with van der Waals surface area (Å²) < 4.78 is 1.08. The second-order valence-corrected chi connectivity index (χ2v) is 5.88. The molecule has 4 heteroatoms. The quantitative estimate of drug-likeness (QED) is 0.859. The van der Waals surface area contributed by atoms with E-state index in [-0.39, 0.29) is 0 Å². The number of nitrogens with one attached hydrogen (secondary N) is 1. The molecule has 1 aliphatic rings. The molecule has 2 rings (SSSR count). The lowest BCUT2D eigenvalue weighted by Gasteiger charge is -2.27. The molecule has 0 aromatic carbocycles. The lowest BCUT2D eigenvalue weighted by Crippen LogP contribution is -2.26. The molecule has 0 aliphatic heterocycles. The molecular formula is C12H18IN3. The second-order valence-electron chi connectivity index (χ2n) is 4.64. The molecule has 0 amide bonds. The molecule has 1 fully saturated rings. The summed E-state index contributed by atoms with van der Waals surface area (Å²) in [6, 6.07) is 0. The SMILES string of the molecule is CCC1(CNc2ncc(I)cn2)CCCC1. The summed E-state index contributed by atoms with van der Waals surface area (Å²) in [5.41, 5.74) is 0.492. The monoisotopic (exact) mass is 331 g/mol. The maximum atomic E-state index is 4.27. The van der Waals surface area contributed by atoms with E-state index in [2.05, 4.69) is 44.8 Å². The van der Waals surface area contributed by atoms with Crippen LogP contribution in [0.3, 0.4) is 0 Å². The van der Waals surface area contributed by atoms with Gasteiger partial charge in [0.15, 0.2) is 0 Å². The molecule has 1 N–H and O–H groups in total. The van der Waals surface area contributed by atoms with Gasteiger partial charge in [-0.25, -0.2) is 9.97 Å². The molecule has 3 nitrogen and oxygen atoms in total. The van der Waals surface area contributed by atoms with Gasteiger partial charge in [-0.2, -0.15) is 0 Å². The van der Waals surface area contributed by atoms with Crippen LogP contribution in [0.15, 0.2) is 12.4 Å². The highest BCUT2D eigenvalue weighted by atomic mass is 127. The molecule has 1 aromatic heterocycles. The fourth-order valence-electron chi connectivity index (χ4n) is 2.45. The van der Waals surface area contributed by atoms with Crippen molar-refractivity contribution in [1.29, 1.82) is 0 Å². The highest BCUT2D eigenvalue weighted by Crippen LogP contribution is 2.40. The van der Waals surface area contributed by atoms with Crippen LogP contribution in [0.25, 0.3) is 0 Å². The predicted octanol–water partition coefficient (Wildman–Crippen LogP) is 3.46. The number of rotatable bonds is 4. The first-order valence-electron chi connectivity index (χ1n) is 5.95. The van der Waals surface area contributed by atoms with Crippen LogP contribution in [0.2, 0.25) is 0 Å². The van der Waals surface area contributed by atoms with Crippen molar-refractivity contribution in [3.05, 3.63) is 16.0 Å². The van der Waals surface area contributed by atoms with Gasteiger partial charge in [0.1, 0.15) is 0 Å². The number of halogens is 1. The van der Waals surface area contributed by atoms with Crippen molar-refractivity contribution in [3.8, 4) is 0 Å². The Hall–Kier alpha value is -0.390. The lowest BCUT2D eigenvalue weighted by atomic mass is 9.83. The van der Waals surface area contributed by atoms with Crippen molar-refractivity contribution < 1.29 is 0 Å². The molecule has 1 saturated carbocycles. The molecule has 1 heterocycles. The summed E-state index contributed by atoms with van der Waals surface area (Å²) in [7, 11) is 0. The molecule has 16 heavy (non-hydrogen) atoms. The largest absolute Gasteiger partial charge is 0.354 e. The molecule has 0 atom stereocenters. The van der Waals surface area contributed by atoms with E-state index in [1.54, 1.807) is 0 Å². The topological polar surface area (TPSA) is 37.8 Å². The summed E-state index contributed by atoms with van der Waals surface area (Å²) in [5.74, 6) is 0.764. The molecule has 88 valence electrons. The molecule has 0 saturated heterocycles. The van der Waals surface area contributed by atoms with E-state index in [1.807, 2.05) is 12.4 Å². The molecular weight excluding hydrogens is 313 g/mol. The Morgan fingerprint density at radius 3 is 2.50 bits per heavy atom. The maximum Gasteiger partial charge on any atom is 0.222 e. The van der Waals surface area contributed by atoms with Gasteiger partial charge in [0, 0.05) is 22.5 Å². The molecule has 1 aromatic rings. The summed E-state index contributed by atoms with van der Waals surface area (Å²) in [6.45, 7) is 3.31. The lowest BCUT2D eigenvalue weighted by molar-refractivity contribution is 0.306. The fourth-order valence-corrected chi connectivity index (χ4v) is 2.73. The smallest absolute Gasteiger partial charge is 0.222 e. The van der Waals surface area contributed by atoms with Crippen molar-refractivity contribution in [1.82, 2.24) is 9.97 Å². The summed E-state index contributed by atoms with van der Waals surface area (Å²) in [6.07, 6.45) is 10.4. The van der Waals surface area contributed by atoms with Crippen molar-refractivity contribution in [3.63, 3.8) is 0 Å². The summed E-state index contributed by atoms with van der Waals surface area (Å²) in [4.78, 5) is 8.55. The Kier molecular flexibility index (Phi) is 4.00. The standard InChI is InChI=1S/C12H18IN3/c1-2-12(5-3-4-6-12)9-16-11-14-7-10(13)8-15-11/h7-8H,2-6,9H2,1H3,(H,14,15,16). The number of anilines is 1. The zero-order valence-corrected chi connectivity index (χ0v) is 11.8. The van der Waals surface area contributed by atoms with Crippen molar-refractivity contribution >= 4 is 28.5 Å². The summed E-state index contributed by atoms with van der Waals surface area (Å²) in [5, 5.41) is 3.38. The average Bonchev–Trinajstić information content (AvgIpc) is 2.78. The van der Waals surface area contributed by atoms with Crippen LogP contribution in [0.1, 0.15) is 39.0 Å². The molecule has 1 aliphatic carbocycles. The van der Waals surface area contributed by atoms with Crippen molar-refractivity contribution in [2.75, 3.05) is 11.9 Å². The molecule has 0 bridgehead atoms. The second kappa shape index (κ2) is 5.29. The van der Waals surface area contributed by atoms with Gasteiger partial charge in [0.25, 0.3) is 0 Å². The predicted molar refractivity (Wildman–Crippen MR) is 74.4 cm³/mol. The number of aromatic nitrogens is 2. The third kappa shape index (κ3) is 2.84. The van der Waals surface area contributed by atoms with E-state index in [1.165, 1.54) is 32.1 Å². The molecule has 0 radical (unpaired) electrons. The highest BCUT2D eigenvalue weighted by Gasteiger charge is 2.31. The first-order valence-corrected chi connectivity index (χ1v) is 7.03. The van der Waals surface area contributed by atoms with E-state index >= 15 is 0 Å². The number of hydrogen-bond acceptors (Lipinski definition) is 3. The Balaban J connectivity index is 1.93. The Morgan fingerprint density at radius 1 is 1.31 bits per heavy atom. The minimum atomic E-state index is 0.492.